The first kappa shape index (κ1) is 9.46. The summed E-state index contributed by atoms with van der Waals surface area (Å²) in [6, 6.07) is 6.15. The highest BCUT2D eigenvalue weighted by Gasteiger charge is 2.11. The Morgan fingerprint density at radius 2 is 1.64 bits per heavy atom. The van der Waals surface area contributed by atoms with Gasteiger partial charge in [-0.3, -0.25) is 0 Å². The van der Waals surface area contributed by atoms with Gasteiger partial charge >= 0.3 is 0 Å². The minimum absolute atomic E-state index is 0.226. The van der Waals surface area contributed by atoms with Crippen molar-refractivity contribution in [2.24, 2.45) is 0 Å². The van der Waals surface area contributed by atoms with Gasteiger partial charge in [-0.1, -0.05) is 6.42 Å². The highest BCUT2D eigenvalue weighted by Crippen LogP contribution is 2.15. The van der Waals surface area contributed by atoms with E-state index in [2.05, 4.69) is 0 Å². The van der Waals surface area contributed by atoms with Crippen LogP contribution in [0.5, 0.6) is 5.75 Å². The number of benzene rings is 1. The fourth-order valence-corrected chi connectivity index (χ4v) is 1.60. The van der Waals surface area contributed by atoms with Gasteiger partial charge in [-0.25, -0.2) is 4.39 Å². The molecule has 0 N–H and O–H groups in total. The van der Waals surface area contributed by atoms with Crippen LogP contribution in [0.4, 0.5) is 4.39 Å². The predicted molar refractivity (Wildman–Crippen MR) is 52.5 cm³/mol. The molecular weight excluding hydrogens is 181 g/mol. The van der Waals surface area contributed by atoms with Crippen LogP contribution >= 0.6 is 0 Å². The minimum atomic E-state index is -0.226. The van der Waals surface area contributed by atoms with Gasteiger partial charge in [-0.2, -0.15) is 0 Å². The van der Waals surface area contributed by atoms with E-state index in [1.807, 2.05) is 5.06 Å². The van der Waals surface area contributed by atoms with Crippen molar-refractivity contribution in [3.63, 3.8) is 0 Å². The maximum atomic E-state index is 12.6. The lowest BCUT2D eigenvalue weighted by Crippen LogP contribution is -2.32. The van der Waals surface area contributed by atoms with E-state index in [4.69, 9.17) is 4.84 Å². The van der Waals surface area contributed by atoms with Gasteiger partial charge in [0.25, 0.3) is 0 Å². The molecule has 2 rings (SSSR count). The molecule has 0 bridgehead atoms. The van der Waals surface area contributed by atoms with Crippen LogP contribution in [-0.4, -0.2) is 18.2 Å². The Morgan fingerprint density at radius 3 is 2.29 bits per heavy atom. The Morgan fingerprint density at radius 1 is 1.00 bits per heavy atom. The molecule has 0 aromatic heterocycles. The van der Waals surface area contributed by atoms with E-state index in [1.165, 1.54) is 31.4 Å². The number of nitrogens with zero attached hydrogens (tertiary/aromatic N) is 1. The summed E-state index contributed by atoms with van der Waals surface area (Å²) in [5.41, 5.74) is 0. The van der Waals surface area contributed by atoms with Crippen molar-refractivity contribution >= 4 is 0 Å². The maximum absolute atomic E-state index is 12.6. The third kappa shape index (κ3) is 2.45. The zero-order chi connectivity index (χ0) is 9.80. The number of piperidine rings is 1. The van der Waals surface area contributed by atoms with Crippen LogP contribution in [0.25, 0.3) is 0 Å². The molecule has 1 saturated heterocycles. The van der Waals surface area contributed by atoms with Gasteiger partial charge in [0.05, 0.1) is 0 Å². The van der Waals surface area contributed by atoms with Crippen LogP contribution in [0.3, 0.4) is 0 Å². The summed E-state index contributed by atoms with van der Waals surface area (Å²) in [5.74, 6) is 0.490. The Labute approximate surface area is 83.2 Å². The van der Waals surface area contributed by atoms with E-state index in [9.17, 15) is 4.39 Å². The summed E-state index contributed by atoms with van der Waals surface area (Å²) in [6.45, 7) is 1.94. The largest absolute Gasteiger partial charge is 0.406 e. The SMILES string of the molecule is Fc1ccc(ON2CCCCC2)cc1. The number of rotatable bonds is 2. The van der Waals surface area contributed by atoms with Crippen LogP contribution in [0.2, 0.25) is 0 Å². The first-order valence-electron chi connectivity index (χ1n) is 5.03. The topological polar surface area (TPSA) is 12.5 Å². The van der Waals surface area contributed by atoms with Crippen molar-refractivity contribution in [1.82, 2.24) is 5.06 Å². The van der Waals surface area contributed by atoms with Crippen molar-refractivity contribution in [2.75, 3.05) is 13.1 Å². The predicted octanol–water partition coefficient (Wildman–Crippen LogP) is 2.61. The second kappa shape index (κ2) is 4.42. The second-order valence-electron chi connectivity index (χ2n) is 3.53. The van der Waals surface area contributed by atoms with E-state index >= 15 is 0 Å². The Bertz CT molecular complexity index is 280. The van der Waals surface area contributed by atoms with Crippen molar-refractivity contribution in [1.29, 1.82) is 0 Å². The van der Waals surface area contributed by atoms with E-state index in [1.54, 1.807) is 12.1 Å². The lowest BCUT2D eigenvalue weighted by molar-refractivity contribution is -0.0720. The molecule has 1 fully saturated rings. The average molecular weight is 195 g/mol. The van der Waals surface area contributed by atoms with Gasteiger partial charge in [0.2, 0.25) is 0 Å². The van der Waals surface area contributed by atoms with Crippen LogP contribution in [-0.2, 0) is 0 Å². The zero-order valence-corrected chi connectivity index (χ0v) is 8.08. The first-order chi connectivity index (χ1) is 6.84. The summed E-state index contributed by atoms with van der Waals surface area (Å²) in [5, 5.41) is 1.94. The summed E-state index contributed by atoms with van der Waals surface area (Å²) in [4.78, 5) is 5.58. The standard InChI is InChI=1S/C11H14FNO/c12-10-4-6-11(7-5-10)14-13-8-2-1-3-9-13/h4-7H,1-3,8-9H2. The number of hydrogen-bond acceptors (Lipinski definition) is 2. The molecule has 0 aliphatic carbocycles. The molecule has 1 aliphatic heterocycles. The summed E-state index contributed by atoms with van der Waals surface area (Å²) in [6.07, 6.45) is 3.64. The fraction of sp³-hybridized carbons (Fsp3) is 0.455. The van der Waals surface area contributed by atoms with Gasteiger partial charge in [0.1, 0.15) is 11.6 Å². The monoisotopic (exact) mass is 195 g/mol. The van der Waals surface area contributed by atoms with Crippen molar-refractivity contribution in [3.05, 3.63) is 30.1 Å². The van der Waals surface area contributed by atoms with Crippen molar-refractivity contribution in [2.45, 2.75) is 19.3 Å². The molecule has 1 aliphatic rings. The molecule has 0 unspecified atom stereocenters. The number of halogens is 1. The van der Waals surface area contributed by atoms with E-state index in [0.29, 0.717) is 5.75 Å². The molecule has 0 saturated carbocycles. The third-order valence-corrected chi connectivity index (χ3v) is 2.36. The number of hydroxylamine groups is 2. The maximum Gasteiger partial charge on any atom is 0.147 e. The molecule has 1 heterocycles. The molecular formula is C11H14FNO. The first-order valence-corrected chi connectivity index (χ1v) is 5.03. The lowest BCUT2D eigenvalue weighted by atomic mass is 10.2. The molecule has 3 heteroatoms. The smallest absolute Gasteiger partial charge is 0.147 e. The van der Waals surface area contributed by atoms with Gasteiger partial charge in [0.15, 0.2) is 0 Å². The Balaban J connectivity index is 1.92. The van der Waals surface area contributed by atoms with Gasteiger partial charge in [-0.15, -0.1) is 5.06 Å². The highest BCUT2D eigenvalue weighted by atomic mass is 19.1. The summed E-state index contributed by atoms with van der Waals surface area (Å²) < 4.78 is 12.6. The van der Waals surface area contributed by atoms with E-state index in [0.717, 1.165) is 13.1 Å². The van der Waals surface area contributed by atoms with E-state index in [-0.39, 0.29) is 5.82 Å². The van der Waals surface area contributed by atoms with E-state index < -0.39 is 0 Å². The molecule has 0 radical (unpaired) electrons. The van der Waals surface area contributed by atoms with Crippen LogP contribution in [0.1, 0.15) is 19.3 Å². The Hall–Kier alpha value is -1.09. The average Bonchev–Trinajstić information content (AvgIpc) is 2.23. The fourth-order valence-electron chi connectivity index (χ4n) is 1.60. The molecule has 0 spiro atoms. The molecule has 0 atom stereocenters. The third-order valence-electron chi connectivity index (χ3n) is 2.36. The van der Waals surface area contributed by atoms with Gasteiger partial charge in [-0.05, 0) is 37.1 Å². The Kier molecular flexibility index (Phi) is 2.99. The van der Waals surface area contributed by atoms with Crippen LogP contribution < -0.4 is 4.84 Å². The molecule has 1 aromatic carbocycles. The molecule has 76 valence electrons. The second-order valence-corrected chi connectivity index (χ2v) is 3.53. The normalized spacial score (nSPS) is 18.1. The summed E-state index contributed by atoms with van der Waals surface area (Å²) >= 11 is 0. The highest BCUT2D eigenvalue weighted by molar-refractivity contribution is 5.21. The zero-order valence-electron chi connectivity index (χ0n) is 8.08. The number of hydrogen-bond donors (Lipinski definition) is 0. The summed E-state index contributed by atoms with van der Waals surface area (Å²) in [7, 11) is 0. The lowest BCUT2D eigenvalue weighted by Gasteiger charge is -2.25. The van der Waals surface area contributed by atoms with Gasteiger partial charge in [0, 0.05) is 13.1 Å². The quantitative estimate of drug-likeness (QED) is 0.719. The molecule has 0 amide bonds. The molecule has 14 heavy (non-hydrogen) atoms. The van der Waals surface area contributed by atoms with Crippen LogP contribution in [0.15, 0.2) is 24.3 Å². The molecule has 2 nitrogen and oxygen atoms in total. The van der Waals surface area contributed by atoms with Crippen molar-refractivity contribution < 1.29 is 9.23 Å². The van der Waals surface area contributed by atoms with Crippen LogP contribution in [0, 0.1) is 5.82 Å². The van der Waals surface area contributed by atoms with Gasteiger partial charge < -0.3 is 4.84 Å². The molecule has 1 aromatic rings. The minimum Gasteiger partial charge on any atom is -0.406 e. The van der Waals surface area contributed by atoms with Crippen molar-refractivity contribution in [3.8, 4) is 5.75 Å².